The van der Waals surface area contributed by atoms with E-state index in [1.165, 1.54) is 11.9 Å². The normalized spacial score (nSPS) is 12.9. The summed E-state index contributed by atoms with van der Waals surface area (Å²) in [7, 11) is 0. The van der Waals surface area contributed by atoms with E-state index in [1.807, 2.05) is 38.5 Å². The maximum Gasteiger partial charge on any atom is 0.195 e. The molecule has 0 radical (unpaired) electrons. The van der Waals surface area contributed by atoms with Gasteiger partial charge in [0, 0.05) is 10.5 Å². The quantitative estimate of drug-likeness (QED) is 0.409. The van der Waals surface area contributed by atoms with Gasteiger partial charge in [-0.1, -0.05) is 25.3 Å². The van der Waals surface area contributed by atoms with Crippen molar-refractivity contribution in [3.63, 3.8) is 0 Å². The molecule has 0 aromatic rings. The zero-order valence-corrected chi connectivity index (χ0v) is 12.3. The SMILES string of the molecule is C=C(SC)/C(C=[NH+]SC(=C)/C(C=[NH2+])=C\C)=C\C. The van der Waals surface area contributed by atoms with Crippen LogP contribution in [0.4, 0.5) is 0 Å². The van der Waals surface area contributed by atoms with Gasteiger partial charge in [-0.05, 0) is 20.1 Å². The molecule has 0 amide bonds. The lowest BCUT2D eigenvalue weighted by molar-refractivity contribution is -0.234. The van der Waals surface area contributed by atoms with Gasteiger partial charge in [0.2, 0.25) is 0 Å². The summed E-state index contributed by atoms with van der Waals surface area (Å²) in [5, 5.41) is 5.48. The van der Waals surface area contributed by atoms with Crippen LogP contribution >= 0.6 is 23.7 Å². The number of allylic oxidation sites excluding steroid dienone is 4. The topological polar surface area (TPSA) is 39.6 Å². The Morgan fingerprint density at radius 2 is 1.71 bits per heavy atom. The van der Waals surface area contributed by atoms with Crippen molar-refractivity contribution in [3.8, 4) is 0 Å². The van der Waals surface area contributed by atoms with Gasteiger partial charge in [-0.25, -0.2) is 0 Å². The van der Waals surface area contributed by atoms with Gasteiger partial charge in [-0.3, -0.25) is 5.41 Å². The second-order valence-corrected chi connectivity index (χ2v) is 4.90. The van der Waals surface area contributed by atoms with Crippen LogP contribution in [0.3, 0.4) is 0 Å². The molecule has 2 nitrogen and oxygen atoms in total. The third-order valence-electron chi connectivity index (χ3n) is 2.09. The zero-order valence-electron chi connectivity index (χ0n) is 10.6. The fourth-order valence-corrected chi connectivity index (χ4v) is 2.06. The number of hydrogen-bond donors (Lipinski definition) is 2. The average Bonchev–Trinajstić information content (AvgIpc) is 2.35. The molecule has 0 atom stereocenters. The summed E-state index contributed by atoms with van der Waals surface area (Å²) in [4.78, 5) is 1.92. The molecule has 0 aromatic carbocycles. The molecule has 0 rings (SSSR count). The minimum absolute atomic E-state index is 0.886. The molecule has 0 bridgehead atoms. The van der Waals surface area contributed by atoms with Crippen LogP contribution in [-0.4, -0.2) is 18.7 Å². The number of thioether (sulfide) groups is 1. The Labute approximate surface area is 112 Å². The van der Waals surface area contributed by atoms with E-state index in [4.69, 9.17) is 5.41 Å². The Morgan fingerprint density at radius 3 is 2.12 bits per heavy atom. The van der Waals surface area contributed by atoms with E-state index < -0.39 is 0 Å². The van der Waals surface area contributed by atoms with Crippen LogP contribution in [0.15, 0.2) is 46.3 Å². The molecule has 3 N–H and O–H groups in total. The lowest BCUT2D eigenvalue weighted by Crippen LogP contribution is -2.59. The fraction of sp³-hybridized carbons (Fsp3) is 0.231. The van der Waals surface area contributed by atoms with E-state index in [0.29, 0.717) is 0 Å². The molecule has 17 heavy (non-hydrogen) atoms. The average molecular weight is 268 g/mol. The third kappa shape index (κ3) is 5.75. The molecule has 0 aliphatic carbocycles. The summed E-state index contributed by atoms with van der Waals surface area (Å²) in [6, 6.07) is 0. The summed E-state index contributed by atoms with van der Waals surface area (Å²) in [5.41, 5.74) is 2.01. The van der Waals surface area contributed by atoms with Crippen molar-refractivity contribution >= 4 is 36.1 Å². The molecular formula is C13H20N2S2+2. The molecule has 0 saturated heterocycles. The molecule has 0 unspecified atom stereocenters. The van der Waals surface area contributed by atoms with Gasteiger partial charge in [-0.15, -0.1) is 11.8 Å². The van der Waals surface area contributed by atoms with E-state index in [1.54, 1.807) is 18.0 Å². The number of rotatable bonds is 7. The molecule has 0 aliphatic rings. The Morgan fingerprint density at radius 1 is 1.12 bits per heavy atom. The lowest BCUT2D eigenvalue weighted by atomic mass is 10.3. The van der Waals surface area contributed by atoms with Crippen LogP contribution in [0.5, 0.6) is 0 Å². The molecule has 0 spiro atoms. The van der Waals surface area contributed by atoms with Crippen LogP contribution in [0.1, 0.15) is 13.8 Å². The third-order valence-corrected chi connectivity index (χ3v) is 3.53. The monoisotopic (exact) mass is 268 g/mol. The molecule has 0 heterocycles. The standard InChI is InChI=1S/C13H18N2S2/c1-6-12(8-14)11(4)17-15-9-13(7-2)10(3)16-5/h6-9,14H,3-4H2,1-2,5H3/p+2/b12-6-,13-7-,14-8?,15-9?. The Bertz CT molecular complexity index is 390. The van der Waals surface area contributed by atoms with Crippen molar-refractivity contribution in [1.29, 1.82) is 0 Å². The Kier molecular flexibility index (Phi) is 8.54. The summed E-state index contributed by atoms with van der Waals surface area (Å²) in [6.07, 6.45) is 9.41. The van der Waals surface area contributed by atoms with Crippen LogP contribution in [0.25, 0.3) is 0 Å². The minimum Gasteiger partial charge on any atom is -0.260 e. The first-order valence-corrected chi connectivity index (χ1v) is 7.20. The molecule has 4 heteroatoms. The summed E-state index contributed by atoms with van der Waals surface area (Å²) in [6.45, 7) is 11.8. The van der Waals surface area contributed by atoms with Crippen molar-refractivity contribution in [2.24, 2.45) is 0 Å². The van der Waals surface area contributed by atoms with E-state index in [-0.39, 0.29) is 0 Å². The van der Waals surface area contributed by atoms with Gasteiger partial charge < -0.3 is 0 Å². The molecule has 0 saturated carbocycles. The first-order valence-electron chi connectivity index (χ1n) is 5.16. The number of hydrogen-bond acceptors (Lipinski definition) is 2. The highest BCUT2D eigenvalue weighted by Gasteiger charge is 2.06. The van der Waals surface area contributed by atoms with Crippen molar-refractivity contribution < 1.29 is 9.81 Å². The second-order valence-electron chi connectivity index (χ2n) is 3.07. The largest absolute Gasteiger partial charge is 0.260 e. The van der Waals surface area contributed by atoms with Gasteiger partial charge in [0.1, 0.15) is 0 Å². The molecular weight excluding hydrogens is 248 g/mol. The molecule has 0 aliphatic heterocycles. The van der Waals surface area contributed by atoms with Crippen LogP contribution < -0.4 is 9.81 Å². The van der Waals surface area contributed by atoms with E-state index in [2.05, 4.69) is 17.6 Å². The van der Waals surface area contributed by atoms with Crippen LogP contribution in [0, 0.1) is 0 Å². The summed E-state index contributed by atoms with van der Waals surface area (Å²) in [5.74, 6) is 0. The van der Waals surface area contributed by atoms with Gasteiger partial charge >= 0.3 is 0 Å². The minimum atomic E-state index is 0.886. The predicted molar refractivity (Wildman–Crippen MR) is 81.9 cm³/mol. The summed E-state index contributed by atoms with van der Waals surface area (Å²) >= 11 is 3.06. The number of nitrogens with one attached hydrogen (secondary N) is 1. The van der Waals surface area contributed by atoms with Crippen molar-refractivity contribution in [2.75, 3.05) is 6.26 Å². The van der Waals surface area contributed by atoms with E-state index in [9.17, 15) is 0 Å². The van der Waals surface area contributed by atoms with Crippen molar-refractivity contribution in [1.82, 2.24) is 0 Å². The maximum absolute atomic E-state index is 5.48. The zero-order chi connectivity index (χ0) is 13.3. The van der Waals surface area contributed by atoms with E-state index >= 15 is 0 Å². The highest BCUT2D eigenvalue weighted by molar-refractivity contribution is 8.02. The van der Waals surface area contributed by atoms with Crippen LogP contribution in [0.2, 0.25) is 0 Å². The smallest absolute Gasteiger partial charge is 0.195 e. The van der Waals surface area contributed by atoms with Gasteiger partial charge in [0.25, 0.3) is 0 Å². The Balaban J connectivity index is 4.52. The Hall–Kier alpha value is -1.00. The molecule has 0 aromatic heterocycles. The van der Waals surface area contributed by atoms with Gasteiger partial charge in [0.05, 0.1) is 10.5 Å². The van der Waals surface area contributed by atoms with Gasteiger partial charge in [-0.2, -0.15) is 4.40 Å². The highest BCUT2D eigenvalue weighted by Crippen LogP contribution is 2.16. The van der Waals surface area contributed by atoms with Crippen molar-refractivity contribution in [2.45, 2.75) is 13.8 Å². The lowest BCUT2D eigenvalue weighted by Gasteiger charge is -1.97. The van der Waals surface area contributed by atoms with Crippen LogP contribution in [-0.2, 0) is 0 Å². The van der Waals surface area contributed by atoms with Crippen molar-refractivity contribution in [3.05, 3.63) is 46.3 Å². The first-order chi connectivity index (χ1) is 8.10. The fourth-order valence-electron chi connectivity index (χ4n) is 1.02. The summed E-state index contributed by atoms with van der Waals surface area (Å²) < 4.78 is 3.13. The predicted octanol–water partition coefficient (Wildman–Crippen LogP) is 0.899. The van der Waals surface area contributed by atoms with E-state index in [0.717, 1.165) is 21.0 Å². The number of nitrogens with two attached hydrogens (primary N) is 1. The highest BCUT2D eigenvalue weighted by atomic mass is 32.2. The second kappa shape index (κ2) is 9.07. The van der Waals surface area contributed by atoms with Gasteiger partial charge in [0.15, 0.2) is 24.4 Å². The first kappa shape index (κ1) is 16.0. The maximum atomic E-state index is 5.48. The molecule has 92 valence electrons. The molecule has 0 fully saturated rings.